The minimum Gasteiger partial charge on any atom is -0.379 e. The third kappa shape index (κ3) is 8.27. The number of thiocarbonyl (C=S) groups is 1. The molecule has 2 aromatic rings. The second kappa shape index (κ2) is 13.9. The molecule has 8 heteroatoms. The van der Waals surface area contributed by atoms with Gasteiger partial charge in [0.1, 0.15) is 0 Å². The van der Waals surface area contributed by atoms with Crippen LogP contribution in [0.15, 0.2) is 23.0 Å². The molecule has 0 radical (unpaired) electrons. The fraction of sp³-hybridized carbons (Fsp3) is 0.630. The van der Waals surface area contributed by atoms with Crippen molar-refractivity contribution in [3.8, 4) is 0 Å². The molecule has 0 aliphatic carbocycles. The maximum Gasteiger partial charge on any atom is 0.253 e. The third-order valence-corrected chi connectivity index (χ3v) is 7.41. The van der Waals surface area contributed by atoms with E-state index in [9.17, 15) is 4.79 Å². The number of benzene rings is 1. The number of morpholine rings is 1. The minimum absolute atomic E-state index is 0.0386. The van der Waals surface area contributed by atoms with Gasteiger partial charge in [0.25, 0.3) is 5.56 Å². The molecular weight excluding hydrogens is 458 g/mol. The van der Waals surface area contributed by atoms with Crippen molar-refractivity contribution in [2.45, 2.75) is 47.1 Å². The summed E-state index contributed by atoms with van der Waals surface area (Å²) >= 11 is 5.81. The molecule has 0 bridgehead atoms. The molecule has 1 aliphatic heterocycles. The number of pyridine rings is 1. The van der Waals surface area contributed by atoms with Crippen molar-refractivity contribution >= 4 is 28.2 Å². The van der Waals surface area contributed by atoms with Crippen LogP contribution in [0.1, 0.15) is 43.4 Å². The summed E-state index contributed by atoms with van der Waals surface area (Å²) in [4.78, 5) is 23.0. The second-order valence-electron chi connectivity index (χ2n) is 9.49. The molecule has 35 heavy (non-hydrogen) atoms. The quantitative estimate of drug-likeness (QED) is 0.342. The topological polar surface area (TPSA) is 63.8 Å². The number of aryl methyl sites for hydroxylation is 2. The van der Waals surface area contributed by atoms with Crippen molar-refractivity contribution in [3.05, 3.63) is 45.2 Å². The number of H-pyrrole nitrogens is 1. The lowest BCUT2D eigenvalue weighted by molar-refractivity contribution is 0.0367. The van der Waals surface area contributed by atoms with Crippen LogP contribution < -0.4 is 10.9 Å². The fourth-order valence-electron chi connectivity index (χ4n) is 4.56. The molecule has 0 spiro atoms. The van der Waals surface area contributed by atoms with E-state index < -0.39 is 0 Å². The standard InChI is InChI=1S/C27H43N5O2S/c1-5-30(6-2)10-7-9-28-27(35)32(12-8-11-31-13-15-34-16-14-31)20-24-19-23-17-21(3)22(4)18-25(23)29-26(24)33/h17-19H,5-16,20H2,1-4H3,(H,28,35)(H,29,33). The average molecular weight is 502 g/mol. The molecule has 1 saturated heterocycles. The third-order valence-electron chi connectivity index (χ3n) is 7.01. The van der Waals surface area contributed by atoms with Gasteiger partial charge in [0, 0.05) is 43.8 Å². The molecule has 194 valence electrons. The van der Waals surface area contributed by atoms with E-state index in [1.54, 1.807) is 0 Å². The highest BCUT2D eigenvalue weighted by Crippen LogP contribution is 2.18. The Balaban J connectivity index is 1.67. The lowest BCUT2D eigenvalue weighted by Gasteiger charge is -2.29. The molecule has 1 aromatic heterocycles. The van der Waals surface area contributed by atoms with Gasteiger partial charge >= 0.3 is 0 Å². The maximum atomic E-state index is 12.9. The molecular formula is C27H43N5O2S. The van der Waals surface area contributed by atoms with Gasteiger partial charge in [0.2, 0.25) is 0 Å². The van der Waals surface area contributed by atoms with E-state index in [4.69, 9.17) is 17.0 Å². The van der Waals surface area contributed by atoms with Gasteiger partial charge in [-0.2, -0.15) is 0 Å². The lowest BCUT2D eigenvalue weighted by Crippen LogP contribution is -2.43. The van der Waals surface area contributed by atoms with Crippen LogP contribution in [0.2, 0.25) is 0 Å². The van der Waals surface area contributed by atoms with Crippen molar-refractivity contribution < 1.29 is 4.74 Å². The predicted octanol–water partition coefficient (Wildman–Crippen LogP) is 3.28. The molecule has 0 saturated carbocycles. The first-order valence-corrected chi connectivity index (χ1v) is 13.5. The van der Waals surface area contributed by atoms with Crippen molar-refractivity contribution in [1.29, 1.82) is 0 Å². The number of aromatic nitrogens is 1. The summed E-state index contributed by atoms with van der Waals surface area (Å²) in [7, 11) is 0. The van der Waals surface area contributed by atoms with Crippen LogP contribution in [0.4, 0.5) is 0 Å². The smallest absolute Gasteiger partial charge is 0.253 e. The number of hydrogen-bond acceptors (Lipinski definition) is 5. The Morgan fingerprint density at radius 2 is 1.80 bits per heavy atom. The first-order valence-electron chi connectivity index (χ1n) is 13.1. The summed E-state index contributed by atoms with van der Waals surface area (Å²) in [5.74, 6) is 0. The van der Waals surface area contributed by atoms with Crippen molar-refractivity contribution in [3.63, 3.8) is 0 Å². The maximum absolute atomic E-state index is 12.9. The van der Waals surface area contributed by atoms with Crippen LogP contribution in [-0.4, -0.2) is 90.4 Å². The van der Waals surface area contributed by atoms with E-state index in [1.807, 2.05) is 6.07 Å². The van der Waals surface area contributed by atoms with Crippen LogP contribution >= 0.6 is 12.2 Å². The van der Waals surface area contributed by atoms with Gasteiger partial charge in [-0.1, -0.05) is 13.8 Å². The molecule has 2 N–H and O–H groups in total. The van der Waals surface area contributed by atoms with Gasteiger partial charge in [0.05, 0.1) is 19.8 Å². The first kappa shape index (κ1) is 27.6. The number of nitrogens with zero attached hydrogens (tertiary/aromatic N) is 3. The first-order chi connectivity index (χ1) is 16.9. The van der Waals surface area contributed by atoms with E-state index in [-0.39, 0.29) is 5.56 Å². The summed E-state index contributed by atoms with van der Waals surface area (Å²) in [6.45, 7) is 18.5. The Labute approximate surface area is 215 Å². The summed E-state index contributed by atoms with van der Waals surface area (Å²) < 4.78 is 5.47. The average Bonchev–Trinajstić information content (AvgIpc) is 2.85. The minimum atomic E-state index is -0.0386. The highest BCUT2D eigenvalue weighted by molar-refractivity contribution is 7.80. The molecule has 0 unspecified atom stereocenters. The Kier molecular flexibility index (Phi) is 11.0. The zero-order valence-corrected chi connectivity index (χ0v) is 22.8. The Bertz CT molecular complexity index is 1010. The van der Waals surface area contributed by atoms with Gasteiger partial charge < -0.3 is 24.8 Å². The van der Waals surface area contributed by atoms with Gasteiger partial charge in [-0.3, -0.25) is 9.69 Å². The second-order valence-corrected chi connectivity index (χ2v) is 9.88. The van der Waals surface area contributed by atoms with Gasteiger partial charge in [-0.15, -0.1) is 0 Å². The number of hydrogen-bond donors (Lipinski definition) is 2. The molecule has 1 fully saturated rings. The lowest BCUT2D eigenvalue weighted by atomic mass is 10.0. The van der Waals surface area contributed by atoms with Crippen molar-refractivity contribution in [1.82, 2.24) is 25.0 Å². The van der Waals surface area contributed by atoms with E-state index in [2.05, 4.69) is 64.8 Å². The van der Waals surface area contributed by atoms with E-state index in [0.29, 0.717) is 6.54 Å². The molecule has 3 rings (SSSR count). The number of ether oxygens (including phenoxy) is 1. The summed E-state index contributed by atoms with van der Waals surface area (Å²) in [5, 5.41) is 5.24. The Morgan fingerprint density at radius 3 is 2.51 bits per heavy atom. The van der Waals surface area contributed by atoms with Crippen LogP contribution in [0, 0.1) is 13.8 Å². The Morgan fingerprint density at radius 1 is 1.09 bits per heavy atom. The van der Waals surface area contributed by atoms with Gasteiger partial charge in [0.15, 0.2) is 5.11 Å². The van der Waals surface area contributed by atoms with Crippen LogP contribution in [-0.2, 0) is 11.3 Å². The summed E-state index contributed by atoms with van der Waals surface area (Å²) in [5.41, 5.74) is 4.00. The SMILES string of the molecule is CCN(CC)CCCNC(=S)N(CCCN1CCOCC1)Cc1cc2cc(C)c(C)cc2[nH]c1=O. The largest absolute Gasteiger partial charge is 0.379 e. The summed E-state index contributed by atoms with van der Waals surface area (Å²) in [6.07, 6.45) is 2.03. The van der Waals surface area contributed by atoms with E-state index in [1.165, 1.54) is 11.1 Å². The number of rotatable bonds is 12. The van der Waals surface area contributed by atoms with E-state index >= 15 is 0 Å². The number of fused-ring (bicyclic) bond motifs is 1. The van der Waals surface area contributed by atoms with Crippen LogP contribution in [0.3, 0.4) is 0 Å². The molecule has 0 atom stereocenters. The molecule has 1 aromatic carbocycles. The highest BCUT2D eigenvalue weighted by atomic mass is 32.1. The van der Waals surface area contributed by atoms with Crippen LogP contribution in [0.5, 0.6) is 0 Å². The van der Waals surface area contributed by atoms with Gasteiger partial charge in [-0.25, -0.2) is 0 Å². The zero-order valence-electron chi connectivity index (χ0n) is 22.0. The molecule has 1 aliphatic rings. The molecule has 2 heterocycles. The van der Waals surface area contributed by atoms with E-state index in [0.717, 1.165) is 100.0 Å². The van der Waals surface area contributed by atoms with Crippen molar-refractivity contribution in [2.24, 2.45) is 0 Å². The monoisotopic (exact) mass is 501 g/mol. The molecule has 7 nitrogen and oxygen atoms in total. The van der Waals surface area contributed by atoms with Gasteiger partial charge in [-0.05, 0) is 93.3 Å². The fourth-order valence-corrected chi connectivity index (χ4v) is 4.81. The van der Waals surface area contributed by atoms with Crippen molar-refractivity contribution in [2.75, 3.05) is 65.6 Å². The normalized spacial score (nSPS) is 14.5. The zero-order chi connectivity index (χ0) is 25.2. The summed E-state index contributed by atoms with van der Waals surface area (Å²) in [6, 6.07) is 6.23. The Hall–Kier alpha value is -2.00. The number of nitrogens with one attached hydrogen (secondary N) is 2. The highest BCUT2D eigenvalue weighted by Gasteiger charge is 2.16. The number of aromatic amines is 1. The predicted molar refractivity (Wildman–Crippen MR) is 149 cm³/mol. The van der Waals surface area contributed by atoms with Crippen LogP contribution in [0.25, 0.3) is 10.9 Å². The molecule has 0 amide bonds.